The van der Waals surface area contributed by atoms with Crippen molar-refractivity contribution in [3.8, 4) is 0 Å². The van der Waals surface area contributed by atoms with E-state index in [1.165, 1.54) is 10.6 Å². The summed E-state index contributed by atoms with van der Waals surface area (Å²) in [6.45, 7) is 2.29. The van der Waals surface area contributed by atoms with E-state index >= 15 is 0 Å². The monoisotopic (exact) mass is 421 g/mol. The molecule has 148 valence electrons. The topological polar surface area (TPSA) is 80.2 Å². The summed E-state index contributed by atoms with van der Waals surface area (Å²) >= 11 is 12.2. The highest BCUT2D eigenvalue weighted by Gasteiger charge is 2.40. The molecule has 1 heterocycles. The Morgan fingerprint density at radius 3 is 2.54 bits per heavy atom. The second kappa shape index (κ2) is 8.37. The molecule has 1 fully saturated rings. The van der Waals surface area contributed by atoms with Crippen LogP contribution in [0.15, 0.2) is 41.3 Å². The summed E-state index contributed by atoms with van der Waals surface area (Å²) in [5.41, 5.74) is 0.0670. The fourth-order valence-electron chi connectivity index (χ4n) is 3.34. The molecule has 1 aromatic carbocycles. The van der Waals surface area contributed by atoms with Gasteiger partial charge in [-0.1, -0.05) is 29.3 Å². The fourth-order valence-corrected chi connectivity index (χ4v) is 3.81. The number of hydrogen-bond donors (Lipinski definition) is 2. The number of halogens is 2. The summed E-state index contributed by atoms with van der Waals surface area (Å²) < 4.78 is 1.45. The molecule has 2 aromatic rings. The number of pyridine rings is 1. The molecular formula is C20H21Cl2N3O3. The lowest BCUT2D eigenvalue weighted by atomic mass is 9.72. The third-order valence-corrected chi connectivity index (χ3v) is 5.64. The molecule has 28 heavy (non-hydrogen) atoms. The lowest BCUT2D eigenvalue weighted by Crippen LogP contribution is -2.57. The van der Waals surface area contributed by atoms with Gasteiger partial charge >= 0.3 is 11.8 Å². The van der Waals surface area contributed by atoms with Crippen LogP contribution in [0.1, 0.15) is 31.7 Å². The predicted molar refractivity (Wildman–Crippen MR) is 110 cm³/mol. The van der Waals surface area contributed by atoms with Gasteiger partial charge in [0.1, 0.15) is 5.69 Å². The molecule has 6 nitrogen and oxygen atoms in total. The number of aryl methyl sites for hydroxylation is 1. The number of hydrogen-bond acceptors (Lipinski definition) is 3. The van der Waals surface area contributed by atoms with Crippen molar-refractivity contribution < 1.29 is 9.59 Å². The summed E-state index contributed by atoms with van der Waals surface area (Å²) in [4.78, 5) is 37.0. The Morgan fingerprint density at radius 1 is 1.18 bits per heavy atom. The Kier molecular flexibility index (Phi) is 6.10. The van der Waals surface area contributed by atoms with Crippen LogP contribution >= 0.6 is 23.2 Å². The molecule has 0 unspecified atom stereocenters. The second-order valence-electron chi connectivity index (χ2n) is 6.97. The fraction of sp³-hybridized carbons (Fsp3) is 0.350. The maximum absolute atomic E-state index is 12.5. The zero-order chi connectivity index (χ0) is 20.3. The Balaban J connectivity index is 1.70. The zero-order valence-corrected chi connectivity index (χ0v) is 16.9. The zero-order valence-electron chi connectivity index (χ0n) is 15.4. The Bertz CT molecular complexity index is 967. The van der Waals surface area contributed by atoms with Crippen LogP contribution in [0.2, 0.25) is 10.0 Å². The lowest BCUT2D eigenvalue weighted by molar-refractivity contribution is -0.138. The SMILES string of the molecule is CCn1cccc(NC(=O)C(=O)NC2(Cc3ccc(Cl)cc3Cl)CCC2)c1=O. The third-order valence-electron chi connectivity index (χ3n) is 5.05. The van der Waals surface area contributed by atoms with Crippen molar-refractivity contribution in [2.24, 2.45) is 0 Å². The summed E-state index contributed by atoms with van der Waals surface area (Å²) in [7, 11) is 0. The number of nitrogens with zero attached hydrogens (tertiary/aromatic N) is 1. The molecule has 0 radical (unpaired) electrons. The van der Waals surface area contributed by atoms with Gasteiger partial charge in [-0.25, -0.2) is 0 Å². The molecule has 1 aliphatic rings. The van der Waals surface area contributed by atoms with E-state index in [0.717, 1.165) is 24.8 Å². The van der Waals surface area contributed by atoms with Crippen LogP contribution in [0.4, 0.5) is 5.69 Å². The molecule has 1 aromatic heterocycles. The molecule has 8 heteroatoms. The first-order chi connectivity index (χ1) is 13.3. The number of amides is 2. The van der Waals surface area contributed by atoms with Gasteiger partial charge in [-0.15, -0.1) is 0 Å². The molecule has 2 N–H and O–H groups in total. The Labute approximate surface area is 172 Å². The number of aromatic nitrogens is 1. The van der Waals surface area contributed by atoms with Crippen LogP contribution < -0.4 is 16.2 Å². The number of carbonyl (C=O) groups is 2. The second-order valence-corrected chi connectivity index (χ2v) is 7.81. The van der Waals surface area contributed by atoms with E-state index in [0.29, 0.717) is 23.0 Å². The maximum Gasteiger partial charge on any atom is 0.313 e. The number of anilines is 1. The average Bonchev–Trinajstić information content (AvgIpc) is 2.63. The van der Waals surface area contributed by atoms with E-state index in [2.05, 4.69) is 10.6 Å². The van der Waals surface area contributed by atoms with Crippen molar-refractivity contribution in [1.82, 2.24) is 9.88 Å². The summed E-state index contributed by atoms with van der Waals surface area (Å²) in [6, 6.07) is 8.36. The van der Waals surface area contributed by atoms with Gasteiger partial charge < -0.3 is 15.2 Å². The van der Waals surface area contributed by atoms with E-state index in [1.54, 1.807) is 24.4 Å². The maximum atomic E-state index is 12.5. The van der Waals surface area contributed by atoms with Crippen LogP contribution in [0.5, 0.6) is 0 Å². The van der Waals surface area contributed by atoms with Gasteiger partial charge in [-0.2, -0.15) is 0 Å². The minimum Gasteiger partial charge on any atom is -0.342 e. The van der Waals surface area contributed by atoms with Crippen molar-refractivity contribution in [2.75, 3.05) is 5.32 Å². The Morgan fingerprint density at radius 2 is 1.93 bits per heavy atom. The van der Waals surface area contributed by atoms with Gasteiger partial charge in [-0.3, -0.25) is 14.4 Å². The molecule has 2 amide bonds. The van der Waals surface area contributed by atoms with Crippen molar-refractivity contribution in [3.05, 3.63) is 62.5 Å². The molecule has 0 saturated heterocycles. The van der Waals surface area contributed by atoms with E-state index in [9.17, 15) is 14.4 Å². The van der Waals surface area contributed by atoms with Gasteiger partial charge in [0.05, 0.1) is 0 Å². The van der Waals surface area contributed by atoms with Gasteiger partial charge in [0, 0.05) is 28.3 Å². The molecule has 0 spiro atoms. The molecular weight excluding hydrogens is 401 g/mol. The first-order valence-electron chi connectivity index (χ1n) is 9.10. The number of benzene rings is 1. The smallest absolute Gasteiger partial charge is 0.313 e. The highest BCUT2D eigenvalue weighted by atomic mass is 35.5. The van der Waals surface area contributed by atoms with E-state index in [-0.39, 0.29) is 11.2 Å². The van der Waals surface area contributed by atoms with Crippen molar-refractivity contribution in [2.45, 2.75) is 44.7 Å². The minimum absolute atomic E-state index is 0.0768. The summed E-state index contributed by atoms with van der Waals surface area (Å²) in [6.07, 6.45) is 4.58. The molecule has 0 aliphatic heterocycles. The van der Waals surface area contributed by atoms with Crippen molar-refractivity contribution in [3.63, 3.8) is 0 Å². The van der Waals surface area contributed by atoms with Crippen LogP contribution in [0.3, 0.4) is 0 Å². The first-order valence-corrected chi connectivity index (χ1v) is 9.86. The van der Waals surface area contributed by atoms with E-state index < -0.39 is 17.4 Å². The number of carbonyl (C=O) groups excluding carboxylic acids is 2. The predicted octanol–water partition coefficient (Wildman–Crippen LogP) is 3.40. The third kappa shape index (κ3) is 4.39. The van der Waals surface area contributed by atoms with E-state index in [4.69, 9.17) is 23.2 Å². The van der Waals surface area contributed by atoms with Crippen LogP contribution in [0, 0.1) is 0 Å². The van der Waals surface area contributed by atoms with Crippen molar-refractivity contribution in [1.29, 1.82) is 0 Å². The number of nitrogens with one attached hydrogen (secondary N) is 2. The van der Waals surface area contributed by atoms with E-state index in [1.807, 2.05) is 13.0 Å². The van der Waals surface area contributed by atoms with Gasteiger partial charge in [0.15, 0.2) is 0 Å². The van der Waals surface area contributed by atoms with Crippen LogP contribution in [-0.2, 0) is 22.6 Å². The highest BCUT2D eigenvalue weighted by Crippen LogP contribution is 2.37. The van der Waals surface area contributed by atoms with Gasteiger partial charge in [-0.05, 0) is 62.4 Å². The van der Waals surface area contributed by atoms with Crippen molar-refractivity contribution >= 4 is 40.7 Å². The largest absolute Gasteiger partial charge is 0.342 e. The normalized spacial score (nSPS) is 14.8. The quantitative estimate of drug-likeness (QED) is 0.725. The molecule has 0 atom stereocenters. The highest BCUT2D eigenvalue weighted by molar-refractivity contribution is 6.39. The van der Waals surface area contributed by atoms with Gasteiger partial charge in [0.25, 0.3) is 5.56 Å². The van der Waals surface area contributed by atoms with Crippen LogP contribution in [-0.4, -0.2) is 21.9 Å². The van der Waals surface area contributed by atoms with Gasteiger partial charge in [0.2, 0.25) is 0 Å². The first kappa shape index (κ1) is 20.4. The molecule has 0 bridgehead atoms. The lowest BCUT2D eigenvalue weighted by Gasteiger charge is -2.42. The average molecular weight is 422 g/mol. The molecule has 1 saturated carbocycles. The van der Waals surface area contributed by atoms with Crippen LogP contribution in [0.25, 0.3) is 0 Å². The summed E-state index contributed by atoms with van der Waals surface area (Å²) in [5, 5.41) is 6.32. The molecule has 1 aliphatic carbocycles. The Hall–Kier alpha value is -2.31. The molecule has 3 rings (SSSR count). The summed E-state index contributed by atoms with van der Waals surface area (Å²) in [5.74, 6) is -1.63. The number of rotatable bonds is 5. The minimum atomic E-state index is -0.862. The standard InChI is InChI=1S/C20H21Cl2N3O3/c1-2-25-10-3-5-16(19(25)28)23-17(26)18(27)24-20(8-4-9-20)12-13-6-7-14(21)11-15(13)22/h3,5-7,10-11H,2,4,8-9,12H2,1H3,(H,23,26)(H,24,27).